The van der Waals surface area contributed by atoms with E-state index < -0.39 is 23.4 Å². The molecule has 0 aromatic heterocycles. The van der Waals surface area contributed by atoms with Gasteiger partial charge in [0.1, 0.15) is 0 Å². The van der Waals surface area contributed by atoms with E-state index in [1.807, 2.05) is 0 Å². The van der Waals surface area contributed by atoms with Gasteiger partial charge in [0.05, 0.1) is 11.7 Å². The Labute approximate surface area is 98.3 Å². The number of rotatable bonds is 3. The van der Waals surface area contributed by atoms with Crippen molar-refractivity contribution in [3.05, 3.63) is 35.4 Å². The molecule has 1 atom stereocenters. The normalized spacial score (nSPS) is 14.8. The Balaban J connectivity index is 3.06. The summed E-state index contributed by atoms with van der Waals surface area (Å²) >= 11 is 0. The van der Waals surface area contributed by atoms with Crippen LogP contribution in [0.1, 0.15) is 37.5 Å². The van der Waals surface area contributed by atoms with Crippen molar-refractivity contribution in [2.24, 2.45) is 5.73 Å². The van der Waals surface area contributed by atoms with Crippen LogP contribution < -0.4 is 5.73 Å². The summed E-state index contributed by atoms with van der Waals surface area (Å²) in [5.74, 6) is 0. The van der Waals surface area contributed by atoms with Gasteiger partial charge in [-0.05, 0) is 31.9 Å². The summed E-state index contributed by atoms with van der Waals surface area (Å²) in [5.41, 5.74) is 4.03. The van der Waals surface area contributed by atoms with Gasteiger partial charge in [0, 0.05) is 5.54 Å². The Bertz CT molecular complexity index is 382. The summed E-state index contributed by atoms with van der Waals surface area (Å²) in [4.78, 5) is 0. The summed E-state index contributed by atoms with van der Waals surface area (Å²) in [7, 11) is 0. The van der Waals surface area contributed by atoms with Crippen LogP contribution in [0.3, 0.4) is 0 Å². The quantitative estimate of drug-likeness (QED) is 0.862. The smallest absolute Gasteiger partial charge is 0.388 e. The molecule has 1 unspecified atom stereocenters. The van der Waals surface area contributed by atoms with Gasteiger partial charge < -0.3 is 10.8 Å². The summed E-state index contributed by atoms with van der Waals surface area (Å²) in [6.07, 6.45) is -5.61. The van der Waals surface area contributed by atoms with Crippen LogP contribution in [-0.4, -0.2) is 10.6 Å². The summed E-state index contributed by atoms with van der Waals surface area (Å²) in [6.45, 7) is 3.32. The van der Waals surface area contributed by atoms with E-state index in [9.17, 15) is 18.3 Å². The van der Waals surface area contributed by atoms with Gasteiger partial charge in [0.25, 0.3) is 0 Å². The number of alkyl halides is 3. The fourth-order valence-electron chi connectivity index (χ4n) is 1.65. The highest BCUT2D eigenvalue weighted by atomic mass is 19.4. The molecule has 0 amide bonds. The number of hydrogen-bond acceptors (Lipinski definition) is 2. The molecule has 1 rings (SSSR count). The molecule has 2 nitrogen and oxygen atoms in total. The van der Waals surface area contributed by atoms with Crippen LogP contribution in [0.2, 0.25) is 0 Å². The Morgan fingerprint density at radius 2 is 1.76 bits per heavy atom. The summed E-state index contributed by atoms with van der Waals surface area (Å²) < 4.78 is 38.1. The molecule has 0 radical (unpaired) electrons. The van der Waals surface area contributed by atoms with Crippen molar-refractivity contribution in [3.63, 3.8) is 0 Å². The van der Waals surface area contributed by atoms with E-state index in [2.05, 4.69) is 0 Å². The highest BCUT2D eigenvalue weighted by Gasteiger charge is 2.35. The van der Waals surface area contributed by atoms with Gasteiger partial charge in [-0.2, -0.15) is 13.2 Å². The highest BCUT2D eigenvalue weighted by molar-refractivity contribution is 5.31. The third-order valence-corrected chi connectivity index (χ3v) is 2.34. The summed E-state index contributed by atoms with van der Waals surface area (Å²) in [6, 6.07) is 5.01. The molecule has 5 heteroatoms. The minimum Gasteiger partial charge on any atom is -0.388 e. The Kier molecular flexibility index (Phi) is 3.84. The number of aliphatic hydroxyl groups is 1. The van der Waals surface area contributed by atoms with Crippen LogP contribution in [0, 0.1) is 0 Å². The maximum Gasteiger partial charge on any atom is 0.416 e. The van der Waals surface area contributed by atoms with E-state index in [-0.39, 0.29) is 12.0 Å². The van der Waals surface area contributed by atoms with E-state index >= 15 is 0 Å². The highest BCUT2D eigenvalue weighted by Crippen LogP contribution is 2.36. The third kappa shape index (κ3) is 4.02. The van der Waals surface area contributed by atoms with Crippen LogP contribution in [0.5, 0.6) is 0 Å². The van der Waals surface area contributed by atoms with Crippen molar-refractivity contribution in [1.82, 2.24) is 0 Å². The lowest BCUT2D eigenvalue weighted by Crippen LogP contribution is -2.34. The average Bonchev–Trinajstić information content (AvgIpc) is 2.13. The molecule has 0 aliphatic heterocycles. The van der Waals surface area contributed by atoms with E-state index in [4.69, 9.17) is 5.73 Å². The van der Waals surface area contributed by atoms with Gasteiger partial charge in [-0.3, -0.25) is 0 Å². The minimum absolute atomic E-state index is 0.0695. The maximum absolute atomic E-state index is 12.7. The van der Waals surface area contributed by atoms with Crippen molar-refractivity contribution in [3.8, 4) is 0 Å². The molecule has 1 aromatic rings. The lowest BCUT2D eigenvalue weighted by atomic mass is 9.91. The van der Waals surface area contributed by atoms with Gasteiger partial charge >= 0.3 is 6.18 Å². The molecule has 17 heavy (non-hydrogen) atoms. The lowest BCUT2D eigenvalue weighted by molar-refractivity contribution is -0.139. The van der Waals surface area contributed by atoms with Gasteiger partial charge in [-0.25, -0.2) is 0 Å². The van der Waals surface area contributed by atoms with Crippen molar-refractivity contribution in [2.75, 3.05) is 0 Å². The van der Waals surface area contributed by atoms with Gasteiger partial charge in [0.15, 0.2) is 0 Å². The zero-order valence-corrected chi connectivity index (χ0v) is 9.75. The molecule has 1 aromatic carbocycles. The fourth-order valence-corrected chi connectivity index (χ4v) is 1.65. The first-order valence-electron chi connectivity index (χ1n) is 5.24. The molecular weight excluding hydrogens is 231 g/mol. The van der Waals surface area contributed by atoms with E-state index in [0.29, 0.717) is 0 Å². The zero-order chi connectivity index (χ0) is 13.3. The molecule has 0 aliphatic rings. The van der Waals surface area contributed by atoms with Crippen molar-refractivity contribution < 1.29 is 18.3 Å². The molecule has 0 fully saturated rings. The minimum atomic E-state index is -4.46. The maximum atomic E-state index is 12.7. The zero-order valence-electron chi connectivity index (χ0n) is 9.75. The van der Waals surface area contributed by atoms with E-state index in [1.54, 1.807) is 13.8 Å². The van der Waals surface area contributed by atoms with Crippen LogP contribution in [0.25, 0.3) is 0 Å². The topological polar surface area (TPSA) is 46.2 Å². The predicted octanol–water partition coefficient (Wildman–Crippen LogP) is 2.87. The Morgan fingerprint density at radius 3 is 2.24 bits per heavy atom. The van der Waals surface area contributed by atoms with E-state index in [1.165, 1.54) is 18.2 Å². The average molecular weight is 247 g/mol. The largest absolute Gasteiger partial charge is 0.416 e. The molecule has 0 aliphatic carbocycles. The first-order chi connectivity index (χ1) is 7.61. The molecule has 0 saturated heterocycles. The first kappa shape index (κ1) is 14.0. The molecule has 0 bridgehead atoms. The van der Waals surface area contributed by atoms with Gasteiger partial charge in [0.2, 0.25) is 0 Å². The third-order valence-electron chi connectivity index (χ3n) is 2.34. The second-order valence-electron chi connectivity index (χ2n) is 4.79. The van der Waals surface area contributed by atoms with Crippen LogP contribution >= 0.6 is 0 Å². The van der Waals surface area contributed by atoms with Crippen molar-refractivity contribution in [2.45, 2.75) is 38.1 Å². The lowest BCUT2D eigenvalue weighted by Gasteiger charge is -2.24. The number of halogens is 3. The Morgan fingerprint density at radius 1 is 1.24 bits per heavy atom. The first-order valence-corrected chi connectivity index (χ1v) is 5.24. The SMILES string of the molecule is CC(C)(N)CC(O)c1ccccc1C(F)(F)F. The molecule has 3 N–H and O–H groups in total. The molecule has 96 valence electrons. The fraction of sp³-hybridized carbons (Fsp3) is 0.500. The Hall–Kier alpha value is -1.07. The predicted molar refractivity (Wildman–Crippen MR) is 59.3 cm³/mol. The van der Waals surface area contributed by atoms with Crippen molar-refractivity contribution >= 4 is 0 Å². The molecule has 0 spiro atoms. The molecular formula is C12H16F3NO. The number of hydrogen-bond donors (Lipinski definition) is 2. The second-order valence-corrected chi connectivity index (χ2v) is 4.79. The summed E-state index contributed by atoms with van der Waals surface area (Å²) in [5, 5.41) is 9.82. The second kappa shape index (κ2) is 4.66. The number of benzene rings is 1. The van der Waals surface area contributed by atoms with Crippen molar-refractivity contribution in [1.29, 1.82) is 0 Å². The van der Waals surface area contributed by atoms with Crippen LogP contribution in [0.4, 0.5) is 13.2 Å². The monoisotopic (exact) mass is 247 g/mol. The standard InChI is InChI=1S/C12H16F3NO/c1-11(2,16)7-10(17)8-5-3-4-6-9(8)12(13,14)15/h3-6,10,17H,7,16H2,1-2H3. The molecule has 0 heterocycles. The molecule has 0 saturated carbocycles. The van der Waals surface area contributed by atoms with Gasteiger partial charge in [-0.15, -0.1) is 0 Å². The number of aliphatic hydroxyl groups excluding tert-OH is 1. The van der Waals surface area contributed by atoms with Crippen LogP contribution in [-0.2, 0) is 6.18 Å². The number of nitrogens with two attached hydrogens (primary N) is 1. The van der Waals surface area contributed by atoms with E-state index in [0.717, 1.165) is 6.07 Å². The van der Waals surface area contributed by atoms with Crippen LogP contribution in [0.15, 0.2) is 24.3 Å². The van der Waals surface area contributed by atoms with Gasteiger partial charge in [-0.1, -0.05) is 18.2 Å².